The van der Waals surface area contributed by atoms with Gasteiger partial charge in [-0.15, -0.1) is 0 Å². The van der Waals surface area contributed by atoms with Gasteiger partial charge in [0, 0.05) is 12.3 Å². The van der Waals surface area contributed by atoms with Crippen LogP contribution in [0.25, 0.3) is 0 Å². The molecule has 4 aliphatic rings. The molecule has 26 heavy (non-hydrogen) atoms. The van der Waals surface area contributed by atoms with E-state index in [0.717, 1.165) is 44.9 Å². The molecule has 0 amide bonds. The van der Waals surface area contributed by atoms with Gasteiger partial charge in [-0.1, -0.05) is 29.8 Å². The number of hydrogen-bond acceptors (Lipinski definition) is 4. The van der Waals surface area contributed by atoms with Gasteiger partial charge in [0.05, 0.1) is 17.0 Å². The van der Waals surface area contributed by atoms with E-state index in [1.54, 1.807) is 0 Å². The van der Waals surface area contributed by atoms with E-state index >= 15 is 0 Å². The first-order chi connectivity index (χ1) is 12.3. The van der Waals surface area contributed by atoms with Crippen molar-refractivity contribution in [3.63, 3.8) is 0 Å². The lowest BCUT2D eigenvalue weighted by Crippen LogP contribution is -2.57. The number of carbonyl (C=O) groups is 1. The molecule has 2 N–H and O–H groups in total. The number of ether oxygens (including phenoxy) is 1. The highest BCUT2D eigenvalue weighted by atomic mass is 79.9. The van der Waals surface area contributed by atoms with Gasteiger partial charge in [0.2, 0.25) is 0 Å². The van der Waals surface area contributed by atoms with Crippen LogP contribution < -0.4 is 0 Å². The molecule has 0 heterocycles. The lowest BCUT2D eigenvalue weighted by atomic mass is 9.46. The molecule has 0 aromatic carbocycles. The van der Waals surface area contributed by atoms with Crippen molar-refractivity contribution in [2.45, 2.75) is 88.4 Å². The highest BCUT2D eigenvalue weighted by Gasteiger charge is 2.60. The van der Waals surface area contributed by atoms with Crippen molar-refractivity contribution in [3.05, 3.63) is 0 Å². The number of hydrogen-bond donors (Lipinski definition) is 2. The van der Waals surface area contributed by atoms with Crippen LogP contribution in [0.2, 0.25) is 0 Å². The minimum Gasteiger partial charge on any atom is -0.461 e. The number of carbonyl (C=O) groups excluding carboxylic acids is 1. The van der Waals surface area contributed by atoms with E-state index in [0.29, 0.717) is 36.0 Å². The Morgan fingerprint density at radius 1 is 1.15 bits per heavy atom. The normalized spacial score (nSPS) is 53.3. The van der Waals surface area contributed by atoms with Crippen molar-refractivity contribution in [3.8, 4) is 0 Å². The zero-order valence-electron chi connectivity index (χ0n) is 15.9. The number of aliphatic hydroxyl groups is 2. The van der Waals surface area contributed by atoms with E-state index in [1.807, 2.05) is 6.92 Å². The van der Waals surface area contributed by atoms with E-state index < -0.39 is 0 Å². The second-order valence-electron chi connectivity index (χ2n) is 9.58. The average Bonchev–Trinajstić information content (AvgIpc) is 2.92. The van der Waals surface area contributed by atoms with Crippen LogP contribution in [-0.2, 0) is 9.53 Å². The predicted molar refractivity (Wildman–Crippen MR) is 103 cm³/mol. The van der Waals surface area contributed by atoms with Crippen molar-refractivity contribution in [1.82, 2.24) is 0 Å². The number of fused-ring (bicyclic) bond motifs is 5. The fourth-order valence-electron chi connectivity index (χ4n) is 7.18. The molecule has 0 bridgehead atoms. The minimum absolute atomic E-state index is 0.0423. The largest absolute Gasteiger partial charge is 0.461 e. The van der Waals surface area contributed by atoms with Gasteiger partial charge in [-0.2, -0.15) is 0 Å². The second kappa shape index (κ2) is 7.04. The first-order valence-electron chi connectivity index (χ1n) is 10.5. The standard InChI is InChI=1S/C21H33BrO4/c1-3-18(25)26-20-13-4-5-15-19(14(13)10-16(20)22)17(24)9-11-8-12(23)6-7-21(11,15)2/h11-17,19-20,23-24H,3-10H2,1-2H3/t11?,12-,13-,14?,15?,16+,17?,19?,20?,21-/m0/s1. The summed E-state index contributed by atoms with van der Waals surface area (Å²) in [5.41, 5.74) is 0.244. The Bertz CT molecular complexity index is 554. The number of aliphatic hydroxyl groups excluding tert-OH is 2. The van der Waals surface area contributed by atoms with Crippen molar-refractivity contribution < 1.29 is 19.7 Å². The zero-order chi connectivity index (χ0) is 18.6. The maximum Gasteiger partial charge on any atom is 0.305 e. The van der Waals surface area contributed by atoms with Crippen molar-refractivity contribution >= 4 is 21.9 Å². The van der Waals surface area contributed by atoms with Crippen LogP contribution >= 0.6 is 15.9 Å². The highest BCUT2D eigenvalue weighted by Crippen LogP contribution is 2.63. The summed E-state index contributed by atoms with van der Waals surface area (Å²) in [6, 6.07) is 0. The molecule has 4 fully saturated rings. The van der Waals surface area contributed by atoms with Gasteiger partial charge in [-0.25, -0.2) is 0 Å². The Hall–Kier alpha value is -0.130. The van der Waals surface area contributed by atoms with Gasteiger partial charge >= 0.3 is 5.97 Å². The summed E-state index contributed by atoms with van der Waals surface area (Å²) in [5.74, 6) is 1.99. The van der Waals surface area contributed by atoms with Crippen LogP contribution in [0.4, 0.5) is 0 Å². The topological polar surface area (TPSA) is 66.8 Å². The third-order valence-electron chi connectivity index (χ3n) is 8.47. The molecule has 4 nitrogen and oxygen atoms in total. The summed E-state index contributed by atoms with van der Waals surface area (Å²) in [6.45, 7) is 4.26. The Kier molecular flexibility index (Phi) is 5.20. The molecule has 10 atom stereocenters. The lowest BCUT2D eigenvalue weighted by molar-refractivity contribution is -0.167. The van der Waals surface area contributed by atoms with E-state index in [-0.39, 0.29) is 34.5 Å². The molecular weight excluding hydrogens is 396 g/mol. The SMILES string of the molecule is CCC(=O)OC1[C@H]2CCC3C(C(O)CC4C[C@@H](O)CC[C@@]43C)C2C[C@H]1Br. The number of esters is 1. The Morgan fingerprint density at radius 2 is 1.92 bits per heavy atom. The molecule has 4 aliphatic carbocycles. The summed E-state index contributed by atoms with van der Waals surface area (Å²) in [5, 5.41) is 21.2. The maximum absolute atomic E-state index is 11.9. The third-order valence-corrected chi connectivity index (χ3v) is 9.37. The molecule has 4 rings (SSSR count). The van der Waals surface area contributed by atoms with E-state index in [9.17, 15) is 15.0 Å². The first kappa shape index (κ1) is 19.2. The minimum atomic E-state index is -0.281. The van der Waals surface area contributed by atoms with Crippen LogP contribution in [0.3, 0.4) is 0 Å². The van der Waals surface area contributed by atoms with Gasteiger partial charge in [0.15, 0.2) is 0 Å². The van der Waals surface area contributed by atoms with E-state index in [4.69, 9.17) is 4.74 Å². The maximum atomic E-state index is 11.9. The summed E-state index contributed by atoms with van der Waals surface area (Å²) in [6.07, 6.45) is 6.76. The molecule has 148 valence electrons. The number of rotatable bonds is 2. The summed E-state index contributed by atoms with van der Waals surface area (Å²) in [4.78, 5) is 12.1. The molecule has 0 aliphatic heterocycles. The molecular formula is C21H33BrO4. The molecule has 5 heteroatoms. The van der Waals surface area contributed by atoms with Crippen LogP contribution in [0.5, 0.6) is 0 Å². The molecule has 4 saturated carbocycles. The number of alkyl halides is 1. The van der Waals surface area contributed by atoms with E-state index in [1.165, 1.54) is 0 Å². The molecule has 0 spiro atoms. The summed E-state index contributed by atoms with van der Waals surface area (Å²) < 4.78 is 5.80. The fourth-order valence-corrected chi connectivity index (χ4v) is 8.11. The van der Waals surface area contributed by atoms with Crippen molar-refractivity contribution in [2.24, 2.45) is 35.0 Å². The zero-order valence-corrected chi connectivity index (χ0v) is 17.5. The van der Waals surface area contributed by atoms with Gasteiger partial charge in [-0.3, -0.25) is 4.79 Å². The molecule has 0 radical (unpaired) electrons. The average molecular weight is 429 g/mol. The van der Waals surface area contributed by atoms with Gasteiger partial charge < -0.3 is 14.9 Å². The molecule has 0 saturated heterocycles. The van der Waals surface area contributed by atoms with Crippen LogP contribution in [0.15, 0.2) is 0 Å². The molecule has 6 unspecified atom stereocenters. The predicted octanol–water partition coefficient (Wildman–Crippen LogP) is 3.67. The first-order valence-corrected chi connectivity index (χ1v) is 11.5. The lowest BCUT2D eigenvalue weighted by Gasteiger charge is -2.60. The monoisotopic (exact) mass is 428 g/mol. The Morgan fingerprint density at radius 3 is 2.65 bits per heavy atom. The number of halogens is 1. The van der Waals surface area contributed by atoms with Crippen LogP contribution in [-0.4, -0.2) is 39.3 Å². The Balaban J connectivity index is 1.57. The summed E-state index contributed by atoms with van der Waals surface area (Å²) >= 11 is 3.79. The van der Waals surface area contributed by atoms with Crippen LogP contribution in [0.1, 0.15) is 65.2 Å². The highest BCUT2D eigenvalue weighted by molar-refractivity contribution is 9.09. The van der Waals surface area contributed by atoms with Crippen molar-refractivity contribution in [1.29, 1.82) is 0 Å². The van der Waals surface area contributed by atoms with Gasteiger partial charge in [0.1, 0.15) is 6.10 Å². The van der Waals surface area contributed by atoms with E-state index in [2.05, 4.69) is 22.9 Å². The van der Waals surface area contributed by atoms with Gasteiger partial charge in [-0.05, 0) is 74.0 Å². The second-order valence-corrected chi connectivity index (χ2v) is 10.8. The quantitative estimate of drug-likeness (QED) is 0.519. The molecule has 0 aromatic heterocycles. The van der Waals surface area contributed by atoms with Crippen LogP contribution in [0, 0.1) is 35.0 Å². The molecule has 0 aromatic rings. The van der Waals surface area contributed by atoms with Crippen molar-refractivity contribution in [2.75, 3.05) is 0 Å². The fraction of sp³-hybridized carbons (Fsp3) is 0.952. The van der Waals surface area contributed by atoms with Gasteiger partial charge in [0.25, 0.3) is 0 Å². The summed E-state index contributed by atoms with van der Waals surface area (Å²) in [7, 11) is 0. The third kappa shape index (κ3) is 2.97. The Labute approximate surface area is 165 Å². The smallest absolute Gasteiger partial charge is 0.305 e.